The van der Waals surface area contributed by atoms with Crippen LogP contribution in [0.4, 0.5) is 5.69 Å². The Labute approximate surface area is 200 Å². The van der Waals surface area contributed by atoms with Crippen LogP contribution in [-0.2, 0) is 9.59 Å². The third-order valence-electron chi connectivity index (χ3n) is 8.50. The summed E-state index contributed by atoms with van der Waals surface area (Å²) < 4.78 is 36.1. The first-order valence-electron chi connectivity index (χ1n) is 12.1. The van der Waals surface area contributed by atoms with Gasteiger partial charge < -0.3 is 20.5 Å². The number of rotatable bonds is 5. The van der Waals surface area contributed by atoms with Gasteiger partial charge in [0.15, 0.2) is 11.5 Å². The Morgan fingerprint density at radius 2 is 1.85 bits per heavy atom. The van der Waals surface area contributed by atoms with Gasteiger partial charge in [-0.3, -0.25) is 23.0 Å². The zero-order valence-electron chi connectivity index (χ0n) is 19.0. The van der Waals surface area contributed by atoms with Gasteiger partial charge in [0, 0.05) is 30.6 Å². The highest BCUT2D eigenvalue weighted by atomic mass is 32.3. The molecule has 2 unspecified atom stereocenters. The standard InChI is InChI=1S/C23H32N4O6S/c24-22(29)23-9-14-6-15(10-23)21(16(7-14)11-23)25-20(28)12-26-4-1-5-27(34(26,30)31)17-2-3-18-19(8-17)33-13-32-18/h2-3,8,14-16,21,30-31H,1,4-7,9-13H2,(H2,24,29)(H,25,28). The summed E-state index contributed by atoms with van der Waals surface area (Å²) in [4.78, 5) is 25.3. The van der Waals surface area contributed by atoms with Crippen LogP contribution in [0.3, 0.4) is 0 Å². The average molecular weight is 493 g/mol. The molecule has 0 spiro atoms. The Morgan fingerprint density at radius 3 is 2.59 bits per heavy atom. The van der Waals surface area contributed by atoms with Crippen LogP contribution in [0.5, 0.6) is 11.5 Å². The molecule has 2 aliphatic heterocycles. The fourth-order valence-corrected chi connectivity index (χ4v) is 8.92. The number of carbonyl (C=O) groups excluding carboxylic acids is 2. The van der Waals surface area contributed by atoms with Gasteiger partial charge in [-0.2, -0.15) is 4.31 Å². The molecule has 34 heavy (non-hydrogen) atoms. The largest absolute Gasteiger partial charge is 0.454 e. The highest BCUT2D eigenvalue weighted by Crippen LogP contribution is 2.60. The van der Waals surface area contributed by atoms with Crippen molar-refractivity contribution in [3.63, 3.8) is 0 Å². The summed E-state index contributed by atoms with van der Waals surface area (Å²) >= 11 is 0. The number of anilines is 1. The van der Waals surface area contributed by atoms with Crippen LogP contribution in [0.1, 0.15) is 38.5 Å². The summed E-state index contributed by atoms with van der Waals surface area (Å²) in [5, 5.41) is 3.20. The molecule has 2 atom stereocenters. The molecule has 0 aromatic heterocycles. The van der Waals surface area contributed by atoms with Crippen LogP contribution in [0, 0.1) is 23.2 Å². The van der Waals surface area contributed by atoms with E-state index in [4.69, 9.17) is 15.2 Å². The summed E-state index contributed by atoms with van der Waals surface area (Å²) in [6.45, 7) is 0.931. The summed E-state index contributed by atoms with van der Waals surface area (Å²) in [5.74, 6) is 1.83. The maximum Gasteiger partial charge on any atom is 0.236 e. The number of benzene rings is 1. The number of fused-ring (bicyclic) bond motifs is 1. The lowest BCUT2D eigenvalue weighted by Crippen LogP contribution is -2.62. The molecule has 1 aromatic rings. The number of nitrogens with two attached hydrogens (primary N) is 1. The summed E-state index contributed by atoms with van der Waals surface area (Å²) in [7, 11) is -3.36. The fourth-order valence-electron chi connectivity index (χ4n) is 7.20. The Morgan fingerprint density at radius 1 is 1.12 bits per heavy atom. The maximum atomic E-state index is 13.1. The number of hydrogen-bond donors (Lipinski definition) is 4. The van der Waals surface area contributed by atoms with Gasteiger partial charge in [-0.15, -0.1) is 0 Å². The first-order chi connectivity index (χ1) is 16.2. The number of nitrogens with zero attached hydrogens (tertiary/aromatic N) is 2. The van der Waals surface area contributed by atoms with E-state index in [-0.39, 0.29) is 43.0 Å². The second-order valence-electron chi connectivity index (χ2n) is 10.6. The molecule has 7 rings (SSSR count). The van der Waals surface area contributed by atoms with Crippen molar-refractivity contribution >= 4 is 28.5 Å². The van der Waals surface area contributed by atoms with E-state index in [1.54, 1.807) is 22.5 Å². The molecule has 2 heterocycles. The molecule has 10 nitrogen and oxygen atoms in total. The maximum absolute atomic E-state index is 13.1. The molecule has 4 saturated carbocycles. The minimum Gasteiger partial charge on any atom is -0.454 e. The van der Waals surface area contributed by atoms with Gasteiger partial charge in [-0.25, -0.2) is 0 Å². The summed E-state index contributed by atoms with van der Waals surface area (Å²) in [6, 6.07) is 5.29. The third kappa shape index (κ3) is 3.52. The monoisotopic (exact) mass is 492 g/mol. The molecule has 11 heteroatoms. The van der Waals surface area contributed by atoms with Crippen LogP contribution >= 0.6 is 11.0 Å². The van der Waals surface area contributed by atoms with Gasteiger partial charge >= 0.3 is 0 Å². The van der Waals surface area contributed by atoms with Crippen LogP contribution in [0.15, 0.2) is 18.2 Å². The van der Waals surface area contributed by atoms with E-state index >= 15 is 0 Å². The van der Waals surface area contributed by atoms with Crippen molar-refractivity contribution in [2.75, 3.05) is 30.7 Å². The molecule has 4 aliphatic carbocycles. The molecule has 1 aromatic carbocycles. The van der Waals surface area contributed by atoms with E-state index in [1.165, 1.54) is 4.31 Å². The molecule has 5 N–H and O–H groups in total. The predicted octanol–water partition coefficient (Wildman–Crippen LogP) is 2.30. The van der Waals surface area contributed by atoms with E-state index in [1.807, 2.05) is 0 Å². The summed E-state index contributed by atoms with van der Waals surface area (Å²) in [6.07, 6.45) is 5.12. The second kappa shape index (κ2) is 7.91. The molecule has 2 amide bonds. The molecule has 4 bridgehead atoms. The van der Waals surface area contributed by atoms with Gasteiger partial charge in [0.2, 0.25) is 18.6 Å². The highest BCUT2D eigenvalue weighted by Gasteiger charge is 2.58. The lowest BCUT2D eigenvalue weighted by Gasteiger charge is -2.59. The zero-order chi connectivity index (χ0) is 23.7. The SMILES string of the molecule is NC(=O)C12CC3CC(C1)C(NC(=O)CN1CCCN(c4ccc5c(c4)OCO5)S1(O)O)C(C3)C2. The van der Waals surface area contributed by atoms with Gasteiger partial charge in [-0.05, 0) is 68.4 Å². The Bertz CT molecular complexity index is 1010. The van der Waals surface area contributed by atoms with Crippen LogP contribution < -0.4 is 24.8 Å². The molecule has 186 valence electrons. The van der Waals surface area contributed by atoms with Crippen molar-refractivity contribution in [3.8, 4) is 11.5 Å². The number of primary amides is 1. The van der Waals surface area contributed by atoms with Gasteiger partial charge in [-0.1, -0.05) is 11.0 Å². The summed E-state index contributed by atoms with van der Waals surface area (Å²) in [5.41, 5.74) is 6.00. The lowest BCUT2D eigenvalue weighted by atomic mass is 9.47. The lowest BCUT2D eigenvalue weighted by molar-refractivity contribution is -0.147. The Balaban J connectivity index is 1.13. The fraction of sp³-hybridized carbons (Fsp3) is 0.652. The van der Waals surface area contributed by atoms with Crippen LogP contribution in [0.2, 0.25) is 0 Å². The van der Waals surface area contributed by atoms with Crippen molar-refractivity contribution in [1.29, 1.82) is 0 Å². The second-order valence-corrected chi connectivity index (χ2v) is 12.5. The molecule has 1 saturated heterocycles. The van der Waals surface area contributed by atoms with E-state index in [0.717, 1.165) is 32.1 Å². The average Bonchev–Trinajstić information content (AvgIpc) is 3.25. The molecular weight excluding hydrogens is 460 g/mol. The van der Waals surface area contributed by atoms with Crippen molar-refractivity contribution < 1.29 is 28.2 Å². The van der Waals surface area contributed by atoms with E-state index in [2.05, 4.69) is 5.32 Å². The number of ether oxygens (including phenoxy) is 2. The minimum absolute atomic E-state index is 0.0214. The van der Waals surface area contributed by atoms with Crippen LogP contribution in [-0.4, -0.2) is 57.7 Å². The number of carbonyl (C=O) groups is 2. The topological polar surface area (TPSA) is 138 Å². The van der Waals surface area contributed by atoms with Crippen molar-refractivity contribution in [2.24, 2.45) is 28.9 Å². The van der Waals surface area contributed by atoms with E-state index in [9.17, 15) is 18.7 Å². The first kappa shape index (κ1) is 22.3. The third-order valence-corrected chi connectivity index (χ3v) is 10.5. The van der Waals surface area contributed by atoms with Crippen LogP contribution in [0.25, 0.3) is 0 Å². The smallest absolute Gasteiger partial charge is 0.236 e. The molecule has 6 aliphatic rings. The molecule has 0 radical (unpaired) electrons. The normalized spacial score (nSPS) is 36.4. The number of nitrogens with one attached hydrogen (secondary N) is 1. The van der Waals surface area contributed by atoms with Crippen molar-refractivity contribution in [2.45, 2.75) is 44.6 Å². The van der Waals surface area contributed by atoms with Gasteiger partial charge in [0.05, 0.1) is 12.2 Å². The quantitative estimate of drug-likeness (QED) is 0.491. The van der Waals surface area contributed by atoms with Crippen molar-refractivity contribution in [1.82, 2.24) is 9.62 Å². The molecular formula is C23H32N4O6S. The predicted molar refractivity (Wildman–Crippen MR) is 126 cm³/mol. The Kier molecular flexibility index (Phi) is 5.18. The van der Waals surface area contributed by atoms with Gasteiger partial charge in [0.1, 0.15) is 0 Å². The minimum atomic E-state index is -3.36. The highest BCUT2D eigenvalue weighted by molar-refractivity contribution is 8.23. The number of hydrogen-bond acceptors (Lipinski definition) is 8. The zero-order valence-corrected chi connectivity index (χ0v) is 19.8. The molecule has 5 fully saturated rings. The first-order valence-corrected chi connectivity index (χ1v) is 13.5. The number of amides is 2. The van der Waals surface area contributed by atoms with E-state index in [0.29, 0.717) is 42.6 Å². The Hall–Kier alpha value is -2.21. The van der Waals surface area contributed by atoms with Crippen molar-refractivity contribution in [3.05, 3.63) is 18.2 Å². The van der Waals surface area contributed by atoms with Gasteiger partial charge in [0.25, 0.3) is 0 Å². The van der Waals surface area contributed by atoms with E-state index < -0.39 is 16.4 Å².